The number of allylic oxidation sites excluding steroid dienone is 4. The van der Waals surface area contributed by atoms with E-state index in [1.165, 1.54) is 44.1 Å². The normalized spacial score (nSPS) is 34.8. The number of pyridine rings is 1. The highest BCUT2D eigenvalue weighted by Crippen LogP contribution is 2.66. The number of imide groups is 1. The van der Waals surface area contributed by atoms with Crippen LogP contribution in [-0.2, 0) is 27.2 Å². The summed E-state index contributed by atoms with van der Waals surface area (Å²) in [7, 11) is 0. The number of amides is 3. The first-order valence-corrected chi connectivity index (χ1v) is 26.1. The number of hydrogen-bond donors (Lipinski definition) is 1. The summed E-state index contributed by atoms with van der Waals surface area (Å²) in [5.74, 6) is 3.09. The van der Waals surface area contributed by atoms with Gasteiger partial charge in [0.05, 0.1) is 22.4 Å². The molecule has 11 heteroatoms. The monoisotopic (exact) mass is 925 g/mol. The van der Waals surface area contributed by atoms with Gasteiger partial charge in [-0.25, -0.2) is 0 Å². The molecule has 67 heavy (non-hydrogen) atoms. The maximum atomic E-state index is 14.1. The van der Waals surface area contributed by atoms with E-state index in [4.69, 9.17) is 21.3 Å². The van der Waals surface area contributed by atoms with Crippen LogP contribution in [0, 0.1) is 57.7 Å². The van der Waals surface area contributed by atoms with E-state index in [0.717, 1.165) is 112 Å². The number of ketones is 1. The van der Waals surface area contributed by atoms with Gasteiger partial charge in [0, 0.05) is 52.9 Å². The zero-order valence-corrected chi connectivity index (χ0v) is 40.4. The topological polar surface area (TPSA) is 133 Å². The number of aryl methyl sites for hydroxylation is 1. The van der Waals surface area contributed by atoms with E-state index < -0.39 is 17.4 Å². The van der Waals surface area contributed by atoms with Gasteiger partial charge in [0.25, 0.3) is 5.91 Å². The number of carbonyl (C=O) groups is 4. The first kappa shape index (κ1) is 46.2. The molecule has 5 aliphatic carbocycles. The second-order valence-corrected chi connectivity index (χ2v) is 22.6. The Labute approximate surface area is 402 Å². The van der Waals surface area contributed by atoms with Crippen LogP contribution in [0.4, 0.5) is 0 Å². The smallest absolute Gasteiger partial charge is 0.255 e. The van der Waals surface area contributed by atoms with Gasteiger partial charge < -0.3 is 9.64 Å². The number of nitrogens with one attached hydrogen (secondary N) is 1. The second kappa shape index (κ2) is 18.7. The van der Waals surface area contributed by atoms with E-state index in [0.29, 0.717) is 64.5 Å². The van der Waals surface area contributed by atoms with Gasteiger partial charge in [-0.1, -0.05) is 44.0 Å². The van der Waals surface area contributed by atoms with Gasteiger partial charge in [0.1, 0.15) is 17.9 Å². The standard InChI is InChI=1S/C56H68ClN5O5/c1-34-7-8-36(33-61-26-5-4-6-37(22-27-61)39-19-23-55(3)35(2)62(54(66)46(55)29-39)50-17-18-51(63)60-53(50)65)9-10-38(34)28-41-12-14-45-49(59-41)16-15-44(52(45)64)47-31-56(47)24-20-42(21-25-56)67-43-13-11-40(32-58)48(57)30-43/h11-14,19,29-30,34,36-38,42,44,47,50H,2,4-10,15-18,20-28,31,33H2,1,3H3,(H,60,63,65). The van der Waals surface area contributed by atoms with Crippen LogP contribution >= 0.6 is 11.6 Å². The van der Waals surface area contributed by atoms with Crippen molar-refractivity contribution in [1.82, 2.24) is 20.1 Å². The summed E-state index contributed by atoms with van der Waals surface area (Å²) in [6.07, 6.45) is 23.4. The molecule has 6 fully saturated rings. The van der Waals surface area contributed by atoms with Crippen molar-refractivity contribution in [3.63, 3.8) is 0 Å². The summed E-state index contributed by atoms with van der Waals surface area (Å²) in [5.41, 5.74) is 5.90. The Hall–Kier alpha value is -4.59. The molecule has 3 aliphatic heterocycles. The van der Waals surface area contributed by atoms with Gasteiger partial charge >= 0.3 is 0 Å². The molecule has 3 saturated heterocycles. The van der Waals surface area contributed by atoms with Crippen LogP contribution in [0.2, 0.25) is 5.02 Å². The number of piperidine rings is 1. The molecule has 1 aromatic carbocycles. The SMILES string of the molecule is C=C1N(C2CCC(=O)NC2=O)C(=O)C2=CC(C3CCCCN(CC4CCC(C)C(Cc5ccc6c(n5)CCC(C5CC57CCC(Oc5ccc(C#N)c(Cl)c5)CC7)C6=O)CC4)CC3)=CCC12C. The highest BCUT2D eigenvalue weighted by molar-refractivity contribution is 6.31. The summed E-state index contributed by atoms with van der Waals surface area (Å²) in [6, 6.07) is 11.0. The molecule has 10 rings (SSSR count). The van der Waals surface area contributed by atoms with Gasteiger partial charge in [0.2, 0.25) is 11.8 Å². The lowest BCUT2D eigenvalue weighted by Gasteiger charge is -2.35. The maximum absolute atomic E-state index is 14.1. The van der Waals surface area contributed by atoms with E-state index >= 15 is 0 Å². The van der Waals surface area contributed by atoms with Gasteiger partial charge in [-0.15, -0.1) is 0 Å². The molecule has 8 atom stereocenters. The fourth-order valence-corrected chi connectivity index (χ4v) is 14.0. The minimum atomic E-state index is -0.687. The molecule has 354 valence electrons. The number of fused-ring (bicyclic) bond motifs is 2. The minimum absolute atomic E-state index is 0.102. The number of hydrogen-bond acceptors (Lipinski definition) is 8. The first-order valence-electron chi connectivity index (χ1n) is 25.7. The highest BCUT2D eigenvalue weighted by atomic mass is 35.5. The van der Waals surface area contributed by atoms with Crippen molar-refractivity contribution >= 4 is 35.1 Å². The predicted molar refractivity (Wildman–Crippen MR) is 258 cm³/mol. The lowest BCUT2D eigenvalue weighted by atomic mass is 9.72. The third kappa shape index (κ3) is 9.09. The fourth-order valence-electron chi connectivity index (χ4n) is 13.8. The molecule has 3 saturated carbocycles. The molecule has 0 radical (unpaired) electrons. The van der Waals surface area contributed by atoms with E-state index in [1.807, 2.05) is 6.07 Å². The Morgan fingerprint density at radius 3 is 2.57 bits per heavy atom. The molecular weight excluding hydrogens is 858 g/mol. The number of ether oxygens (including phenoxy) is 1. The number of nitriles is 1. The molecule has 4 heterocycles. The van der Waals surface area contributed by atoms with Crippen molar-refractivity contribution in [2.45, 2.75) is 148 Å². The summed E-state index contributed by atoms with van der Waals surface area (Å²) in [5, 5.41) is 12.1. The fraction of sp³-hybridized carbons (Fsp3) is 0.607. The number of halogens is 1. The Morgan fingerprint density at radius 2 is 1.78 bits per heavy atom. The number of benzene rings is 1. The Kier molecular flexibility index (Phi) is 12.9. The van der Waals surface area contributed by atoms with Crippen LogP contribution in [0.25, 0.3) is 0 Å². The van der Waals surface area contributed by atoms with E-state index in [1.54, 1.807) is 17.0 Å². The third-order valence-electron chi connectivity index (χ3n) is 18.2. The van der Waals surface area contributed by atoms with Crippen LogP contribution in [0.3, 0.4) is 0 Å². The molecule has 3 amide bonds. The van der Waals surface area contributed by atoms with E-state index in [-0.39, 0.29) is 35.7 Å². The maximum Gasteiger partial charge on any atom is 0.255 e. The minimum Gasteiger partial charge on any atom is -0.490 e. The Balaban J connectivity index is 0.698. The third-order valence-corrected chi connectivity index (χ3v) is 18.5. The predicted octanol–water partition coefficient (Wildman–Crippen LogP) is 10.3. The molecule has 2 aromatic rings. The largest absolute Gasteiger partial charge is 0.490 e. The number of carbonyl (C=O) groups excluding carboxylic acids is 4. The lowest BCUT2D eigenvalue weighted by Crippen LogP contribution is -2.52. The number of likely N-dealkylation sites (tertiary alicyclic amines) is 2. The zero-order valence-electron chi connectivity index (χ0n) is 39.6. The molecule has 10 nitrogen and oxygen atoms in total. The van der Waals surface area contributed by atoms with Crippen LogP contribution in [0.15, 0.2) is 65.9 Å². The van der Waals surface area contributed by atoms with Crippen molar-refractivity contribution in [1.29, 1.82) is 5.26 Å². The first-order chi connectivity index (χ1) is 32.3. The molecule has 1 N–H and O–H groups in total. The van der Waals surface area contributed by atoms with Gasteiger partial charge in [0.15, 0.2) is 5.78 Å². The van der Waals surface area contributed by atoms with Gasteiger partial charge in [-0.05, 0) is 194 Å². The second-order valence-electron chi connectivity index (χ2n) is 22.2. The summed E-state index contributed by atoms with van der Waals surface area (Å²) in [6.45, 7) is 12.2. The van der Waals surface area contributed by atoms with Crippen molar-refractivity contribution in [2.75, 3.05) is 19.6 Å². The van der Waals surface area contributed by atoms with E-state index in [2.05, 4.69) is 61.0 Å². The number of rotatable bonds is 9. The van der Waals surface area contributed by atoms with Gasteiger partial charge in [-0.3, -0.25) is 34.4 Å². The van der Waals surface area contributed by atoms with Crippen molar-refractivity contribution in [3.8, 4) is 11.8 Å². The lowest BCUT2D eigenvalue weighted by molar-refractivity contribution is -0.141. The molecule has 0 bridgehead atoms. The van der Waals surface area contributed by atoms with Crippen molar-refractivity contribution in [3.05, 3.63) is 93.4 Å². The van der Waals surface area contributed by atoms with Crippen LogP contribution in [0.1, 0.15) is 150 Å². The average molecular weight is 927 g/mol. The molecule has 1 aromatic heterocycles. The summed E-state index contributed by atoms with van der Waals surface area (Å²) < 4.78 is 6.29. The molecule has 8 unspecified atom stereocenters. The Bertz CT molecular complexity index is 2450. The average Bonchev–Trinajstić information content (AvgIpc) is 4.00. The number of aromatic nitrogens is 1. The summed E-state index contributed by atoms with van der Waals surface area (Å²) in [4.78, 5) is 62.2. The molecular formula is C56H68ClN5O5. The molecule has 8 aliphatic rings. The Morgan fingerprint density at radius 1 is 0.955 bits per heavy atom. The van der Waals surface area contributed by atoms with Crippen LogP contribution in [-0.4, -0.2) is 70.1 Å². The number of Topliss-reactive ketones (excluding diaryl/α,β-unsaturated/α-hetero) is 1. The van der Waals surface area contributed by atoms with Crippen molar-refractivity contribution < 1.29 is 23.9 Å². The molecule has 1 spiro atoms. The van der Waals surface area contributed by atoms with Crippen molar-refractivity contribution in [2.24, 2.45) is 46.3 Å². The van der Waals surface area contributed by atoms with Gasteiger partial charge in [-0.2, -0.15) is 5.26 Å². The summed E-state index contributed by atoms with van der Waals surface area (Å²) >= 11 is 6.26. The van der Waals surface area contributed by atoms with E-state index in [9.17, 15) is 24.4 Å². The quantitative estimate of drug-likeness (QED) is 0.194. The zero-order chi connectivity index (χ0) is 46.6. The van der Waals surface area contributed by atoms with Crippen LogP contribution < -0.4 is 10.1 Å². The van der Waals surface area contributed by atoms with Crippen LogP contribution in [0.5, 0.6) is 5.75 Å². The number of nitrogens with zero attached hydrogens (tertiary/aromatic N) is 4. The highest BCUT2D eigenvalue weighted by Gasteiger charge is 2.60.